The van der Waals surface area contributed by atoms with E-state index in [1.54, 1.807) is 5.38 Å². The van der Waals surface area contributed by atoms with Crippen molar-refractivity contribution in [2.45, 2.75) is 18.6 Å². The van der Waals surface area contributed by atoms with Crippen molar-refractivity contribution in [1.29, 1.82) is 0 Å². The Morgan fingerprint density at radius 1 is 1.12 bits per heavy atom. The van der Waals surface area contributed by atoms with Gasteiger partial charge >= 0.3 is 6.18 Å². The standard InChI is InChI=1S/C23H23F3N4OS/c1-29(2)19-11-12-30(13-19)18-9-7-17(8-10-18)27-21(31)20-14-32-22(28-20)15-3-5-16(6-4-15)23(24,25)26/h3-10,14,19H,11-13H2,1-2H3,(H,27,31). The number of rotatable bonds is 5. The second kappa shape index (κ2) is 8.91. The van der Waals surface area contributed by atoms with Gasteiger partial charge in [0, 0.05) is 41.4 Å². The number of nitrogens with one attached hydrogen (secondary N) is 1. The molecule has 2 aromatic carbocycles. The van der Waals surface area contributed by atoms with Crippen LogP contribution in [0.5, 0.6) is 0 Å². The monoisotopic (exact) mass is 460 g/mol. The van der Waals surface area contributed by atoms with E-state index in [0.29, 0.717) is 22.3 Å². The molecule has 1 N–H and O–H groups in total. The highest BCUT2D eigenvalue weighted by atomic mass is 32.1. The van der Waals surface area contributed by atoms with Crippen LogP contribution in [0.2, 0.25) is 0 Å². The number of hydrogen-bond donors (Lipinski definition) is 1. The Morgan fingerprint density at radius 3 is 2.41 bits per heavy atom. The maximum absolute atomic E-state index is 12.7. The highest BCUT2D eigenvalue weighted by Crippen LogP contribution is 2.32. The Hall–Kier alpha value is -2.91. The second-order valence-corrected chi connectivity index (χ2v) is 8.82. The van der Waals surface area contributed by atoms with Gasteiger partial charge in [-0.2, -0.15) is 13.2 Å². The van der Waals surface area contributed by atoms with Gasteiger partial charge in [-0.15, -0.1) is 11.3 Å². The molecule has 3 aromatic rings. The minimum absolute atomic E-state index is 0.224. The van der Waals surface area contributed by atoms with Gasteiger partial charge in [-0.3, -0.25) is 4.79 Å². The number of carbonyl (C=O) groups excluding carboxylic acids is 1. The van der Waals surface area contributed by atoms with Crippen molar-refractivity contribution >= 4 is 28.6 Å². The van der Waals surface area contributed by atoms with Crippen LogP contribution in [0.15, 0.2) is 53.9 Å². The van der Waals surface area contributed by atoms with E-state index in [-0.39, 0.29) is 11.6 Å². The van der Waals surface area contributed by atoms with Crippen molar-refractivity contribution in [3.8, 4) is 10.6 Å². The first kappa shape index (κ1) is 22.3. The van der Waals surface area contributed by atoms with Crippen molar-refractivity contribution < 1.29 is 18.0 Å². The van der Waals surface area contributed by atoms with Crippen LogP contribution >= 0.6 is 11.3 Å². The fraction of sp³-hybridized carbons (Fsp3) is 0.304. The number of hydrogen-bond acceptors (Lipinski definition) is 5. The normalized spacial score (nSPS) is 16.6. The van der Waals surface area contributed by atoms with Gasteiger partial charge in [-0.1, -0.05) is 12.1 Å². The van der Waals surface area contributed by atoms with E-state index in [0.717, 1.165) is 37.3 Å². The fourth-order valence-corrected chi connectivity index (χ4v) is 4.47. The lowest BCUT2D eigenvalue weighted by molar-refractivity contribution is -0.137. The van der Waals surface area contributed by atoms with Crippen molar-refractivity contribution in [2.75, 3.05) is 37.4 Å². The van der Waals surface area contributed by atoms with Gasteiger partial charge in [0.15, 0.2) is 0 Å². The van der Waals surface area contributed by atoms with Crippen LogP contribution in [0.4, 0.5) is 24.5 Å². The average molecular weight is 461 g/mol. The smallest absolute Gasteiger partial charge is 0.370 e. The van der Waals surface area contributed by atoms with Crippen molar-refractivity contribution in [2.24, 2.45) is 0 Å². The molecule has 0 aliphatic carbocycles. The third kappa shape index (κ3) is 4.94. The fourth-order valence-electron chi connectivity index (χ4n) is 3.66. The molecule has 2 heterocycles. The molecule has 1 amide bonds. The molecular formula is C23H23F3N4OS. The van der Waals surface area contributed by atoms with E-state index in [4.69, 9.17) is 0 Å². The molecule has 168 valence electrons. The highest BCUT2D eigenvalue weighted by molar-refractivity contribution is 7.13. The molecule has 0 radical (unpaired) electrons. The summed E-state index contributed by atoms with van der Waals surface area (Å²) in [5.41, 5.74) is 1.82. The quantitative estimate of drug-likeness (QED) is 0.567. The predicted octanol–water partition coefficient (Wildman–Crippen LogP) is 5.22. The van der Waals surface area contributed by atoms with Gasteiger partial charge < -0.3 is 15.1 Å². The maximum Gasteiger partial charge on any atom is 0.416 e. The number of amides is 1. The number of halogens is 3. The Morgan fingerprint density at radius 2 is 1.81 bits per heavy atom. The van der Waals surface area contributed by atoms with E-state index in [2.05, 4.69) is 34.2 Å². The van der Waals surface area contributed by atoms with Gasteiger partial charge in [-0.25, -0.2) is 4.98 Å². The Labute approximate surface area is 188 Å². The van der Waals surface area contributed by atoms with Crippen LogP contribution in [-0.2, 0) is 6.18 Å². The Bertz CT molecular complexity index is 1080. The summed E-state index contributed by atoms with van der Waals surface area (Å²) in [7, 11) is 4.18. The zero-order valence-electron chi connectivity index (χ0n) is 17.7. The number of anilines is 2. The first-order valence-electron chi connectivity index (χ1n) is 10.2. The molecule has 1 fully saturated rings. The van der Waals surface area contributed by atoms with E-state index in [1.165, 1.54) is 23.5 Å². The molecule has 1 aliphatic heterocycles. The lowest BCUT2D eigenvalue weighted by atomic mass is 10.1. The van der Waals surface area contributed by atoms with Gasteiger partial charge in [0.1, 0.15) is 10.7 Å². The van der Waals surface area contributed by atoms with E-state index in [9.17, 15) is 18.0 Å². The average Bonchev–Trinajstić information content (AvgIpc) is 3.44. The molecule has 1 saturated heterocycles. The molecule has 1 unspecified atom stereocenters. The van der Waals surface area contributed by atoms with Crippen LogP contribution in [-0.4, -0.2) is 49.0 Å². The van der Waals surface area contributed by atoms with Crippen molar-refractivity contribution in [3.63, 3.8) is 0 Å². The van der Waals surface area contributed by atoms with Gasteiger partial charge in [0.25, 0.3) is 5.91 Å². The lowest BCUT2D eigenvalue weighted by Gasteiger charge is -2.22. The summed E-state index contributed by atoms with van der Waals surface area (Å²) in [5, 5.41) is 4.92. The van der Waals surface area contributed by atoms with Crippen molar-refractivity contribution in [1.82, 2.24) is 9.88 Å². The Balaban J connectivity index is 1.39. The second-order valence-electron chi connectivity index (χ2n) is 7.97. The van der Waals surface area contributed by atoms with E-state index >= 15 is 0 Å². The van der Waals surface area contributed by atoms with Gasteiger partial charge in [0.05, 0.1) is 5.56 Å². The summed E-state index contributed by atoms with van der Waals surface area (Å²) in [4.78, 5) is 21.4. The summed E-state index contributed by atoms with van der Waals surface area (Å²) in [5.74, 6) is -0.360. The highest BCUT2D eigenvalue weighted by Gasteiger charge is 2.30. The minimum Gasteiger partial charge on any atom is -0.370 e. The topological polar surface area (TPSA) is 48.5 Å². The summed E-state index contributed by atoms with van der Waals surface area (Å²) < 4.78 is 38.2. The number of aromatic nitrogens is 1. The number of thiazole rings is 1. The van der Waals surface area contributed by atoms with Crippen LogP contribution in [0, 0.1) is 0 Å². The molecule has 5 nitrogen and oxygen atoms in total. The molecule has 9 heteroatoms. The number of likely N-dealkylation sites (N-methyl/N-ethyl adjacent to an activating group) is 1. The van der Waals surface area contributed by atoms with Crippen molar-refractivity contribution in [3.05, 3.63) is 65.2 Å². The van der Waals surface area contributed by atoms with Gasteiger partial charge in [0.2, 0.25) is 0 Å². The largest absolute Gasteiger partial charge is 0.416 e. The first-order valence-corrected chi connectivity index (χ1v) is 11.0. The lowest BCUT2D eigenvalue weighted by Crippen LogP contribution is -2.31. The third-order valence-corrected chi connectivity index (χ3v) is 6.47. The SMILES string of the molecule is CN(C)C1CCN(c2ccc(NC(=O)c3csc(-c4ccc(C(F)(F)F)cc4)n3)cc2)C1. The van der Waals surface area contributed by atoms with E-state index in [1.807, 2.05) is 24.3 Å². The summed E-state index contributed by atoms with van der Waals surface area (Å²) in [6.45, 7) is 1.98. The molecule has 0 bridgehead atoms. The van der Waals surface area contributed by atoms with Crippen LogP contribution in [0.3, 0.4) is 0 Å². The summed E-state index contributed by atoms with van der Waals surface area (Å²) in [6, 6.07) is 13.0. The van der Waals surface area contributed by atoms with Crippen LogP contribution < -0.4 is 10.2 Å². The molecule has 0 saturated carbocycles. The Kier molecular flexibility index (Phi) is 6.21. The van der Waals surface area contributed by atoms with Crippen LogP contribution in [0.25, 0.3) is 10.6 Å². The summed E-state index contributed by atoms with van der Waals surface area (Å²) in [6.07, 6.45) is -3.26. The molecule has 0 spiro atoms. The van der Waals surface area contributed by atoms with Gasteiger partial charge in [-0.05, 0) is 56.9 Å². The summed E-state index contributed by atoms with van der Waals surface area (Å²) >= 11 is 1.21. The molecular weight excluding hydrogens is 437 g/mol. The number of alkyl halides is 3. The zero-order valence-corrected chi connectivity index (χ0v) is 18.5. The molecule has 1 aliphatic rings. The number of benzene rings is 2. The zero-order chi connectivity index (χ0) is 22.9. The minimum atomic E-state index is -4.38. The third-order valence-electron chi connectivity index (χ3n) is 5.58. The molecule has 1 aromatic heterocycles. The van der Waals surface area contributed by atoms with E-state index < -0.39 is 11.7 Å². The molecule has 32 heavy (non-hydrogen) atoms. The maximum atomic E-state index is 12.7. The first-order chi connectivity index (χ1) is 15.2. The van der Waals surface area contributed by atoms with Crippen LogP contribution in [0.1, 0.15) is 22.5 Å². The predicted molar refractivity (Wildman–Crippen MR) is 121 cm³/mol. The number of nitrogens with zero attached hydrogens (tertiary/aromatic N) is 3. The number of carbonyl (C=O) groups is 1. The molecule has 1 atom stereocenters. The molecule has 4 rings (SSSR count).